The molecule has 3 heterocycles. The summed E-state index contributed by atoms with van der Waals surface area (Å²) in [5.74, 6) is -1.44. The van der Waals surface area contributed by atoms with Crippen LogP contribution in [-0.4, -0.2) is 105 Å². The quantitative estimate of drug-likeness (QED) is 0.119. The van der Waals surface area contributed by atoms with E-state index in [2.05, 4.69) is 10.0 Å². The molecule has 3 saturated heterocycles. The van der Waals surface area contributed by atoms with Gasteiger partial charge in [0, 0.05) is 25.0 Å². The summed E-state index contributed by atoms with van der Waals surface area (Å²) < 4.78 is 46.0. The fraction of sp³-hybridized carbons (Fsp3) is 0.913. The van der Waals surface area contributed by atoms with Crippen LogP contribution in [0.3, 0.4) is 0 Å². The Balaban J connectivity index is 1.93. The van der Waals surface area contributed by atoms with Crippen molar-refractivity contribution in [3.63, 3.8) is 0 Å². The molecule has 1 N–H and O–H groups in total. The molecule has 2 bridgehead atoms. The van der Waals surface area contributed by atoms with Crippen molar-refractivity contribution in [2.75, 3.05) is 26.9 Å². The number of hydrogen-bond acceptors (Lipinski definition) is 12. The minimum absolute atomic E-state index is 0.0815. The fourth-order valence-corrected chi connectivity index (χ4v) is 4.52. The Morgan fingerprint density at radius 1 is 1.05 bits per heavy atom. The van der Waals surface area contributed by atoms with Gasteiger partial charge in [-0.05, 0) is 18.4 Å². The SMILES string of the molecule is CCCCOC1C(OCCCC)[C@H](O)C(C(=O)OC)O[C@H]1OC1[C@@H]2COC(O2)[C@@H](N=[N+]=[N-])[C@@H]1OC(C)=O. The predicted molar refractivity (Wildman–Crippen MR) is 124 cm³/mol. The molecule has 0 saturated carbocycles. The summed E-state index contributed by atoms with van der Waals surface area (Å²) in [4.78, 5) is 27.3. The number of esters is 2. The first kappa shape index (κ1) is 29.5. The zero-order chi connectivity index (χ0) is 26.9. The molecule has 210 valence electrons. The number of rotatable bonds is 13. The molecule has 3 fully saturated rings. The van der Waals surface area contributed by atoms with E-state index in [4.69, 9.17) is 43.4 Å². The molecule has 5 unspecified atom stereocenters. The summed E-state index contributed by atoms with van der Waals surface area (Å²) in [6.07, 6.45) is -6.53. The molecule has 3 aliphatic rings. The maximum Gasteiger partial charge on any atom is 0.337 e. The van der Waals surface area contributed by atoms with Gasteiger partial charge in [0.1, 0.15) is 42.7 Å². The van der Waals surface area contributed by atoms with Crippen molar-refractivity contribution in [3.05, 3.63) is 10.4 Å². The van der Waals surface area contributed by atoms with Crippen LogP contribution in [0.2, 0.25) is 0 Å². The summed E-state index contributed by atoms with van der Waals surface area (Å²) in [7, 11) is 1.18. The lowest BCUT2D eigenvalue weighted by molar-refractivity contribution is -0.336. The second-order valence-corrected chi connectivity index (χ2v) is 9.06. The van der Waals surface area contributed by atoms with Crippen LogP contribution >= 0.6 is 0 Å². The van der Waals surface area contributed by atoms with Crippen molar-refractivity contribution < 1.29 is 52.6 Å². The molecule has 0 amide bonds. The second kappa shape index (κ2) is 14.2. The molecule has 0 aromatic heterocycles. The number of fused-ring (bicyclic) bond motifs is 2. The van der Waals surface area contributed by atoms with E-state index < -0.39 is 73.3 Å². The Hall–Kier alpha value is -2.03. The zero-order valence-electron chi connectivity index (χ0n) is 21.6. The standard InChI is InChI=1S/C23H37N3O11/c1-5-7-9-31-18-15(28)19(21(29)30-4)37-23(20(18)32-10-8-6-2)36-16-13-11-33-22(35-13)14(25-26-24)17(16)34-12(3)27/h13-20,22-23,28H,5-11H2,1-4H3/t13-,14-,15-,16?,17-,18?,19?,20?,22?,23+/m0/s1. The van der Waals surface area contributed by atoms with Gasteiger partial charge in [-0.2, -0.15) is 0 Å². The predicted octanol–water partition coefficient (Wildman–Crippen LogP) is 1.37. The summed E-state index contributed by atoms with van der Waals surface area (Å²) in [6.45, 7) is 5.93. The Bertz CT molecular complexity index is 811. The van der Waals surface area contributed by atoms with Gasteiger partial charge in [-0.15, -0.1) is 0 Å². The third-order valence-electron chi connectivity index (χ3n) is 6.39. The number of hydrogen-bond donors (Lipinski definition) is 1. The van der Waals surface area contributed by atoms with Gasteiger partial charge in [0.2, 0.25) is 0 Å². The molecule has 37 heavy (non-hydrogen) atoms. The molecule has 0 radical (unpaired) electrons. The molecule has 10 atom stereocenters. The third-order valence-corrected chi connectivity index (χ3v) is 6.39. The molecule has 14 heteroatoms. The lowest BCUT2D eigenvalue weighted by Gasteiger charge is -2.46. The molecular weight excluding hydrogens is 494 g/mol. The highest BCUT2D eigenvalue weighted by Crippen LogP contribution is 2.37. The van der Waals surface area contributed by atoms with Crippen LogP contribution in [0.25, 0.3) is 10.4 Å². The van der Waals surface area contributed by atoms with Gasteiger partial charge < -0.3 is 43.0 Å². The average Bonchev–Trinajstić information content (AvgIpc) is 3.31. The van der Waals surface area contributed by atoms with Crippen molar-refractivity contribution in [2.45, 2.75) is 108 Å². The fourth-order valence-electron chi connectivity index (χ4n) is 4.52. The normalized spacial score (nSPS) is 37.0. The Labute approximate surface area is 215 Å². The number of nitrogens with zero attached hydrogens (tertiary/aromatic N) is 3. The highest BCUT2D eigenvalue weighted by Gasteiger charge is 2.57. The minimum atomic E-state index is -1.43. The van der Waals surface area contributed by atoms with Gasteiger partial charge in [0.05, 0.1) is 13.7 Å². The van der Waals surface area contributed by atoms with Crippen molar-refractivity contribution in [2.24, 2.45) is 5.11 Å². The first-order chi connectivity index (χ1) is 17.9. The number of unbranched alkanes of at least 4 members (excludes halogenated alkanes) is 2. The highest BCUT2D eigenvalue weighted by atomic mass is 16.8. The number of aliphatic hydroxyl groups is 1. The van der Waals surface area contributed by atoms with Gasteiger partial charge in [0.15, 0.2) is 18.7 Å². The zero-order valence-corrected chi connectivity index (χ0v) is 21.6. The van der Waals surface area contributed by atoms with Crippen molar-refractivity contribution in [1.82, 2.24) is 0 Å². The first-order valence-corrected chi connectivity index (χ1v) is 12.6. The molecule has 3 aliphatic heterocycles. The summed E-state index contributed by atoms with van der Waals surface area (Å²) in [5.41, 5.74) is 9.08. The number of methoxy groups -OCH3 is 1. The van der Waals surface area contributed by atoms with Crippen LogP contribution in [0.15, 0.2) is 5.11 Å². The summed E-state index contributed by atoms with van der Waals surface area (Å²) in [5, 5.41) is 14.7. The Morgan fingerprint density at radius 2 is 1.73 bits per heavy atom. The van der Waals surface area contributed by atoms with E-state index in [-0.39, 0.29) is 6.61 Å². The van der Waals surface area contributed by atoms with E-state index in [9.17, 15) is 14.7 Å². The lowest BCUT2D eigenvalue weighted by Crippen LogP contribution is -2.65. The van der Waals surface area contributed by atoms with E-state index in [0.29, 0.717) is 13.2 Å². The Kier molecular flexibility index (Phi) is 11.3. The minimum Gasteiger partial charge on any atom is -0.467 e. The highest BCUT2D eigenvalue weighted by molar-refractivity contribution is 5.75. The number of azide groups is 1. The van der Waals surface area contributed by atoms with Gasteiger partial charge in [0.25, 0.3) is 0 Å². The van der Waals surface area contributed by atoms with Crippen LogP contribution in [0, 0.1) is 0 Å². The van der Waals surface area contributed by atoms with Crippen molar-refractivity contribution in [3.8, 4) is 0 Å². The van der Waals surface area contributed by atoms with Crippen LogP contribution in [0.1, 0.15) is 46.5 Å². The molecule has 0 aromatic rings. The van der Waals surface area contributed by atoms with Crippen LogP contribution in [0.4, 0.5) is 0 Å². The monoisotopic (exact) mass is 531 g/mol. The van der Waals surface area contributed by atoms with Gasteiger partial charge >= 0.3 is 11.9 Å². The van der Waals surface area contributed by atoms with Crippen LogP contribution in [0.5, 0.6) is 0 Å². The Morgan fingerprint density at radius 3 is 2.32 bits per heavy atom. The molecule has 3 rings (SSSR count). The van der Waals surface area contributed by atoms with Gasteiger partial charge in [-0.3, -0.25) is 4.79 Å². The molecule has 14 nitrogen and oxygen atoms in total. The third kappa shape index (κ3) is 7.09. The summed E-state index contributed by atoms with van der Waals surface area (Å²) in [6, 6.07) is -1.03. The number of carbonyl (C=O) groups excluding carboxylic acids is 2. The smallest absolute Gasteiger partial charge is 0.337 e. The maximum absolute atomic E-state index is 12.5. The van der Waals surface area contributed by atoms with Gasteiger partial charge in [-0.1, -0.05) is 31.8 Å². The molecule has 0 spiro atoms. The van der Waals surface area contributed by atoms with E-state index in [0.717, 1.165) is 25.7 Å². The van der Waals surface area contributed by atoms with E-state index in [1.807, 2.05) is 13.8 Å². The van der Waals surface area contributed by atoms with Gasteiger partial charge in [-0.25, -0.2) is 4.79 Å². The number of ether oxygens (including phenoxy) is 8. The summed E-state index contributed by atoms with van der Waals surface area (Å²) >= 11 is 0. The van der Waals surface area contributed by atoms with E-state index >= 15 is 0 Å². The van der Waals surface area contributed by atoms with E-state index in [1.54, 1.807) is 0 Å². The molecule has 0 aliphatic carbocycles. The molecule has 0 aromatic carbocycles. The van der Waals surface area contributed by atoms with Crippen molar-refractivity contribution >= 4 is 11.9 Å². The van der Waals surface area contributed by atoms with Crippen LogP contribution in [-0.2, 0) is 47.5 Å². The maximum atomic E-state index is 12.5. The number of aliphatic hydroxyl groups excluding tert-OH is 1. The lowest BCUT2D eigenvalue weighted by atomic mass is 9.96. The average molecular weight is 532 g/mol. The first-order valence-electron chi connectivity index (χ1n) is 12.6. The molecular formula is C23H37N3O11. The number of carbonyl (C=O) groups is 2. The van der Waals surface area contributed by atoms with Crippen LogP contribution < -0.4 is 0 Å². The van der Waals surface area contributed by atoms with Crippen molar-refractivity contribution in [1.29, 1.82) is 0 Å². The largest absolute Gasteiger partial charge is 0.467 e. The van der Waals surface area contributed by atoms with E-state index in [1.165, 1.54) is 14.0 Å². The second-order valence-electron chi connectivity index (χ2n) is 9.06. The topological polar surface area (TPSA) is 177 Å².